The van der Waals surface area contributed by atoms with Gasteiger partial charge < -0.3 is 4.74 Å². The summed E-state index contributed by atoms with van der Waals surface area (Å²) in [4.78, 5) is 0. The Labute approximate surface area is 141 Å². The average molecular weight is 365 g/mol. The minimum atomic E-state index is 0.304. The minimum Gasteiger partial charge on any atom is -0.493 e. The third-order valence-electron chi connectivity index (χ3n) is 3.53. The normalized spacial score (nSPS) is 12.4. The Hall–Kier alpha value is -0.930. The highest BCUT2D eigenvalue weighted by Gasteiger charge is 2.13. The lowest BCUT2D eigenvalue weighted by atomic mass is 10.0. The summed E-state index contributed by atoms with van der Waals surface area (Å²) in [6.45, 7) is 5.01. The van der Waals surface area contributed by atoms with Gasteiger partial charge in [-0.15, -0.1) is 0 Å². The number of hydrogen-bond donors (Lipinski definition) is 1. The number of rotatable bonds is 6. The van der Waals surface area contributed by atoms with Crippen molar-refractivity contribution in [2.24, 2.45) is 0 Å². The molecule has 21 heavy (non-hydrogen) atoms. The summed E-state index contributed by atoms with van der Waals surface area (Å²) in [6.07, 6.45) is 0. The molecule has 0 spiro atoms. The molecule has 0 radical (unpaired) electrons. The van der Waals surface area contributed by atoms with Crippen LogP contribution in [0.1, 0.15) is 36.8 Å². The fraction of sp³-hybridized carbons (Fsp3) is 0.333. The van der Waals surface area contributed by atoms with Crippen molar-refractivity contribution < 1.29 is 4.74 Å². The van der Waals surface area contributed by atoms with Crippen LogP contribution in [0.3, 0.4) is 0 Å². The molecule has 0 bridgehead atoms. The van der Waals surface area contributed by atoms with E-state index in [1.165, 1.54) is 11.1 Å². The Morgan fingerprint density at radius 1 is 1.10 bits per heavy atom. The predicted molar refractivity (Wildman–Crippen MR) is 96.8 cm³/mol. The Kier molecular flexibility index (Phi) is 6.19. The molecule has 112 valence electrons. The fourth-order valence-corrected chi connectivity index (χ4v) is 2.97. The fourth-order valence-electron chi connectivity index (χ4n) is 2.27. The highest BCUT2D eigenvalue weighted by atomic mass is 79.9. The number of halogens is 1. The standard InChI is InChI=1S/C18H21BrOS/c1-13(2)17-10-16(19)8-9-18(17)20-11-15(12-21)14-6-4-3-5-7-14/h3-10,13,15,21H,11-12H2,1-2H3. The zero-order valence-corrected chi connectivity index (χ0v) is 14.9. The van der Waals surface area contributed by atoms with Crippen molar-refractivity contribution in [2.75, 3.05) is 12.4 Å². The summed E-state index contributed by atoms with van der Waals surface area (Å²) in [5.74, 6) is 2.48. The zero-order chi connectivity index (χ0) is 15.2. The van der Waals surface area contributed by atoms with Gasteiger partial charge in [0, 0.05) is 16.1 Å². The Morgan fingerprint density at radius 3 is 2.43 bits per heavy atom. The van der Waals surface area contributed by atoms with Gasteiger partial charge in [-0.05, 0) is 35.2 Å². The van der Waals surface area contributed by atoms with Crippen molar-refractivity contribution in [1.29, 1.82) is 0 Å². The monoisotopic (exact) mass is 364 g/mol. The number of hydrogen-bond acceptors (Lipinski definition) is 2. The molecule has 2 aromatic carbocycles. The molecule has 0 N–H and O–H groups in total. The van der Waals surface area contributed by atoms with Crippen LogP contribution in [-0.2, 0) is 0 Å². The molecule has 1 nitrogen and oxygen atoms in total. The Bertz CT molecular complexity index is 569. The third kappa shape index (κ3) is 4.52. The predicted octanol–water partition coefficient (Wildman–Crippen LogP) is 5.66. The maximum absolute atomic E-state index is 6.09. The van der Waals surface area contributed by atoms with Gasteiger partial charge in [-0.1, -0.05) is 60.1 Å². The van der Waals surface area contributed by atoms with Crippen molar-refractivity contribution in [3.05, 3.63) is 64.1 Å². The van der Waals surface area contributed by atoms with Crippen LogP contribution < -0.4 is 4.74 Å². The average Bonchev–Trinajstić information content (AvgIpc) is 2.50. The van der Waals surface area contributed by atoms with Crippen LogP contribution in [0.15, 0.2) is 53.0 Å². The lowest BCUT2D eigenvalue weighted by molar-refractivity contribution is 0.294. The van der Waals surface area contributed by atoms with Crippen molar-refractivity contribution in [2.45, 2.75) is 25.7 Å². The van der Waals surface area contributed by atoms with Gasteiger partial charge in [-0.3, -0.25) is 0 Å². The van der Waals surface area contributed by atoms with E-state index in [2.05, 4.69) is 72.7 Å². The van der Waals surface area contributed by atoms with Gasteiger partial charge >= 0.3 is 0 Å². The van der Waals surface area contributed by atoms with Crippen LogP contribution in [-0.4, -0.2) is 12.4 Å². The first kappa shape index (κ1) is 16.4. The molecule has 0 saturated heterocycles. The van der Waals surface area contributed by atoms with E-state index < -0.39 is 0 Å². The van der Waals surface area contributed by atoms with E-state index in [0.29, 0.717) is 18.4 Å². The first-order valence-electron chi connectivity index (χ1n) is 7.20. The van der Waals surface area contributed by atoms with E-state index in [1.807, 2.05) is 18.2 Å². The van der Waals surface area contributed by atoms with Crippen LogP contribution in [0.5, 0.6) is 5.75 Å². The first-order chi connectivity index (χ1) is 10.1. The molecular weight excluding hydrogens is 344 g/mol. The van der Waals surface area contributed by atoms with Gasteiger partial charge in [-0.25, -0.2) is 0 Å². The molecule has 1 unspecified atom stereocenters. The molecule has 0 aliphatic carbocycles. The molecule has 0 fully saturated rings. The highest BCUT2D eigenvalue weighted by molar-refractivity contribution is 9.10. The van der Waals surface area contributed by atoms with Gasteiger partial charge in [0.15, 0.2) is 0 Å². The van der Waals surface area contributed by atoms with Gasteiger partial charge in [0.05, 0.1) is 6.61 Å². The molecule has 0 aliphatic rings. The molecule has 0 amide bonds. The molecule has 3 heteroatoms. The van der Waals surface area contributed by atoms with Crippen LogP contribution in [0.25, 0.3) is 0 Å². The highest BCUT2D eigenvalue weighted by Crippen LogP contribution is 2.30. The summed E-state index contributed by atoms with van der Waals surface area (Å²) < 4.78 is 7.18. The topological polar surface area (TPSA) is 9.23 Å². The Morgan fingerprint density at radius 2 is 1.81 bits per heavy atom. The summed E-state index contributed by atoms with van der Waals surface area (Å²) in [5, 5.41) is 0. The van der Waals surface area contributed by atoms with Crippen molar-refractivity contribution in [1.82, 2.24) is 0 Å². The number of benzene rings is 2. The maximum atomic E-state index is 6.09. The van der Waals surface area contributed by atoms with Gasteiger partial charge in [-0.2, -0.15) is 12.6 Å². The SMILES string of the molecule is CC(C)c1cc(Br)ccc1OCC(CS)c1ccccc1. The maximum Gasteiger partial charge on any atom is 0.122 e. The molecule has 2 aromatic rings. The van der Waals surface area contributed by atoms with E-state index >= 15 is 0 Å². The lowest BCUT2D eigenvalue weighted by Crippen LogP contribution is -2.13. The largest absolute Gasteiger partial charge is 0.493 e. The first-order valence-corrected chi connectivity index (χ1v) is 8.62. The summed E-state index contributed by atoms with van der Waals surface area (Å²) >= 11 is 8.00. The zero-order valence-electron chi connectivity index (χ0n) is 12.4. The van der Waals surface area contributed by atoms with Crippen molar-refractivity contribution >= 4 is 28.6 Å². The van der Waals surface area contributed by atoms with Gasteiger partial charge in [0.2, 0.25) is 0 Å². The molecule has 1 atom stereocenters. The summed E-state index contributed by atoms with van der Waals surface area (Å²) in [5.41, 5.74) is 2.51. The van der Waals surface area contributed by atoms with Gasteiger partial charge in [0.1, 0.15) is 5.75 Å². The van der Waals surface area contributed by atoms with E-state index in [9.17, 15) is 0 Å². The molecule has 0 aromatic heterocycles. The smallest absolute Gasteiger partial charge is 0.122 e. The number of ether oxygens (including phenoxy) is 1. The van der Waals surface area contributed by atoms with Crippen LogP contribution in [0, 0.1) is 0 Å². The molecule has 0 aliphatic heterocycles. The second kappa shape index (κ2) is 7.90. The molecule has 0 heterocycles. The molecular formula is C18H21BrOS. The second-order valence-corrected chi connectivity index (χ2v) is 6.72. The third-order valence-corrected chi connectivity index (χ3v) is 4.46. The number of thiol groups is 1. The minimum absolute atomic E-state index is 0.304. The summed E-state index contributed by atoms with van der Waals surface area (Å²) in [7, 11) is 0. The van der Waals surface area contributed by atoms with E-state index in [1.54, 1.807) is 0 Å². The van der Waals surface area contributed by atoms with E-state index in [0.717, 1.165) is 16.0 Å². The molecule has 2 rings (SSSR count). The Balaban J connectivity index is 2.12. The van der Waals surface area contributed by atoms with Crippen LogP contribution in [0.2, 0.25) is 0 Å². The van der Waals surface area contributed by atoms with Crippen LogP contribution in [0.4, 0.5) is 0 Å². The quantitative estimate of drug-likeness (QED) is 0.650. The lowest BCUT2D eigenvalue weighted by Gasteiger charge is -2.19. The van der Waals surface area contributed by atoms with Gasteiger partial charge in [0.25, 0.3) is 0 Å². The van der Waals surface area contributed by atoms with E-state index in [4.69, 9.17) is 4.74 Å². The second-order valence-electron chi connectivity index (χ2n) is 5.44. The molecule has 0 saturated carbocycles. The van der Waals surface area contributed by atoms with Crippen LogP contribution >= 0.6 is 28.6 Å². The van der Waals surface area contributed by atoms with Crippen molar-refractivity contribution in [3.8, 4) is 5.75 Å². The summed E-state index contributed by atoms with van der Waals surface area (Å²) in [6, 6.07) is 16.6. The van der Waals surface area contributed by atoms with E-state index in [-0.39, 0.29) is 0 Å². The van der Waals surface area contributed by atoms with Crippen molar-refractivity contribution in [3.63, 3.8) is 0 Å².